The average Bonchev–Trinajstić information content (AvgIpc) is 2.81. The van der Waals surface area contributed by atoms with E-state index in [1.54, 1.807) is 0 Å². The Kier molecular flexibility index (Phi) is 5.75. The van der Waals surface area contributed by atoms with Crippen molar-refractivity contribution >= 4 is 23.4 Å². The number of carbonyl (C=O) groups is 2. The van der Waals surface area contributed by atoms with E-state index in [9.17, 15) is 9.59 Å². The molecule has 0 amide bonds. The molecule has 1 aromatic carbocycles. The lowest BCUT2D eigenvalue weighted by atomic mass is 10.1. The van der Waals surface area contributed by atoms with Gasteiger partial charge in [-0.1, -0.05) is 11.6 Å². The highest BCUT2D eigenvalue weighted by Gasteiger charge is 2.21. The first-order chi connectivity index (χ1) is 12.9. The standard InChI is InChI=1S/C20H22ClNO5/c1-4-22-12(2)8-15(13(22)3)17(23)11-27-20(24)14-9-16(21)19-18(10-14)25-6-5-7-26-19/h8-10H,4-7,11H2,1-3H3. The van der Waals surface area contributed by atoms with Gasteiger partial charge in [0, 0.05) is 29.9 Å². The van der Waals surface area contributed by atoms with Gasteiger partial charge in [0.15, 0.2) is 18.1 Å². The highest BCUT2D eigenvalue weighted by molar-refractivity contribution is 6.32. The normalized spacial score (nSPS) is 13.2. The van der Waals surface area contributed by atoms with Gasteiger partial charge in [0.05, 0.1) is 23.8 Å². The van der Waals surface area contributed by atoms with Gasteiger partial charge >= 0.3 is 5.97 Å². The van der Waals surface area contributed by atoms with Crippen LogP contribution in [0.5, 0.6) is 11.5 Å². The summed E-state index contributed by atoms with van der Waals surface area (Å²) in [7, 11) is 0. The highest BCUT2D eigenvalue weighted by atomic mass is 35.5. The van der Waals surface area contributed by atoms with E-state index in [2.05, 4.69) is 0 Å². The number of ether oxygens (including phenoxy) is 3. The zero-order valence-electron chi connectivity index (χ0n) is 15.6. The van der Waals surface area contributed by atoms with Gasteiger partial charge in [0.1, 0.15) is 0 Å². The summed E-state index contributed by atoms with van der Waals surface area (Å²) in [6.45, 7) is 7.27. The van der Waals surface area contributed by atoms with Crippen molar-refractivity contribution in [3.8, 4) is 11.5 Å². The third-order valence-corrected chi connectivity index (χ3v) is 4.84. The van der Waals surface area contributed by atoms with Crippen LogP contribution in [0.3, 0.4) is 0 Å². The van der Waals surface area contributed by atoms with Gasteiger partial charge in [0.2, 0.25) is 5.78 Å². The van der Waals surface area contributed by atoms with Crippen molar-refractivity contribution in [3.05, 3.63) is 45.7 Å². The van der Waals surface area contributed by atoms with Gasteiger partial charge in [-0.25, -0.2) is 4.79 Å². The number of carbonyl (C=O) groups excluding carboxylic acids is 2. The van der Waals surface area contributed by atoms with Crippen LogP contribution in [0.4, 0.5) is 0 Å². The Bertz CT molecular complexity index is 887. The van der Waals surface area contributed by atoms with Gasteiger partial charge in [-0.3, -0.25) is 4.79 Å². The predicted molar refractivity (Wildman–Crippen MR) is 101 cm³/mol. The number of fused-ring (bicyclic) bond motifs is 1. The van der Waals surface area contributed by atoms with E-state index in [4.69, 9.17) is 25.8 Å². The molecular weight excluding hydrogens is 370 g/mol. The fourth-order valence-electron chi connectivity index (χ4n) is 3.21. The second-order valence-electron chi connectivity index (χ2n) is 6.36. The van der Waals surface area contributed by atoms with Crippen molar-refractivity contribution in [2.24, 2.45) is 0 Å². The molecule has 144 valence electrons. The maximum Gasteiger partial charge on any atom is 0.338 e. The molecule has 7 heteroatoms. The third-order valence-electron chi connectivity index (χ3n) is 4.56. The Hall–Kier alpha value is -2.47. The van der Waals surface area contributed by atoms with Crippen molar-refractivity contribution in [2.75, 3.05) is 19.8 Å². The van der Waals surface area contributed by atoms with Crippen LogP contribution in [0.1, 0.15) is 45.4 Å². The lowest BCUT2D eigenvalue weighted by Crippen LogP contribution is -2.15. The second-order valence-corrected chi connectivity index (χ2v) is 6.77. The summed E-state index contributed by atoms with van der Waals surface area (Å²) in [4.78, 5) is 24.8. The molecule has 0 aliphatic carbocycles. The summed E-state index contributed by atoms with van der Waals surface area (Å²) in [5.41, 5.74) is 2.66. The summed E-state index contributed by atoms with van der Waals surface area (Å²) >= 11 is 6.20. The van der Waals surface area contributed by atoms with Crippen LogP contribution in [0.25, 0.3) is 0 Å². The predicted octanol–water partition coefficient (Wildman–Crippen LogP) is 3.98. The van der Waals surface area contributed by atoms with Crippen LogP contribution in [0.2, 0.25) is 5.02 Å². The highest BCUT2D eigenvalue weighted by Crippen LogP contribution is 2.38. The second kappa shape index (κ2) is 8.05. The van der Waals surface area contributed by atoms with Crippen LogP contribution < -0.4 is 9.47 Å². The van der Waals surface area contributed by atoms with Crippen molar-refractivity contribution in [1.82, 2.24) is 4.57 Å². The topological polar surface area (TPSA) is 66.8 Å². The summed E-state index contributed by atoms with van der Waals surface area (Å²) in [5, 5.41) is 0.277. The first-order valence-corrected chi connectivity index (χ1v) is 9.26. The van der Waals surface area contributed by atoms with Crippen LogP contribution in [0.15, 0.2) is 18.2 Å². The molecule has 0 bridgehead atoms. The largest absolute Gasteiger partial charge is 0.489 e. The molecule has 0 spiro atoms. The fraction of sp³-hybridized carbons (Fsp3) is 0.400. The minimum Gasteiger partial charge on any atom is -0.489 e. The lowest BCUT2D eigenvalue weighted by Gasteiger charge is -2.11. The van der Waals surface area contributed by atoms with E-state index in [0.29, 0.717) is 30.3 Å². The van der Waals surface area contributed by atoms with E-state index in [1.165, 1.54) is 12.1 Å². The van der Waals surface area contributed by atoms with E-state index in [-0.39, 0.29) is 23.0 Å². The van der Waals surface area contributed by atoms with Crippen molar-refractivity contribution in [2.45, 2.75) is 33.7 Å². The number of hydrogen-bond donors (Lipinski definition) is 0. The Labute approximate surface area is 163 Å². The smallest absolute Gasteiger partial charge is 0.338 e. The molecule has 1 aromatic heterocycles. The number of nitrogens with zero attached hydrogens (tertiary/aromatic N) is 1. The fourth-order valence-corrected chi connectivity index (χ4v) is 3.48. The Morgan fingerprint density at radius 1 is 1.19 bits per heavy atom. The summed E-state index contributed by atoms with van der Waals surface area (Å²) in [6.07, 6.45) is 0.732. The monoisotopic (exact) mass is 391 g/mol. The maximum absolute atomic E-state index is 12.5. The number of hydrogen-bond acceptors (Lipinski definition) is 5. The molecule has 6 nitrogen and oxygen atoms in total. The van der Waals surface area contributed by atoms with Gasteiger partial charge in [-0.2, -0.15) is 0 Å². The van der Waals surface area contributed by atoms with Gasteiger partial charge in [-0.05, 0) is 39.0 Å². The van der Waals surface area contributed by atoms with Crippen LogP contribution >= 0.6 is 11.6 Å². The number of ketones is 1. The number of Topliss-reactive ketones (excluding diaryl/α,β-unsaturated/α-hetero) is 1. The molecule has 2 heterocycles. The lowest BCUT2D eigenvalue weighted by molar-refractivity contribution is 0.0474. The SMILES string of the molecule is CCn1c(C)cc(C(=O)COC(=O)c2cc(Cl)c3c(c2)OCCCO3)c1C. The molecule has 1 aliphatic rings. The number of benzene rings is 1. The van der Waals surface area contributed by atoms with Crippen molar-refractivity contribution < 1.29 is 23.8 Å². The minimum atomic E-state index is -0.634. The molecule has 1 aliphatic heterocycles. The molecule has 0 fully saturated rings. The molecule has 3 rings (SSSR count). The van der Waals surface area contributed by atoms with Gasteiger partial charge in [0.25, 0.3) is 0 Å². The van der Waals surface area contributed by atoms with E-state index < -0.39 is 5.97 Å². The first-order valence-electron chi connectivity index (χ1n) is 8.88. The van der Waals surface area contributed by atoms with Gasteiger partial charge < -0.3 is 18.8 Å². The molecule has 0 saturated heterocycles. The van der Waals surface area contributed by atoms with Crippen molar-refractivity contribution in [3.63, 3.8) is 0 Å². The maximum atomic E-state index is 12.5. The zero-order chi connectivity index (χ0) is 19.6. The third kappa shape index (κ3) is 3.95. The molecular formula is C20H22ClNO5. The molecule has 0 radical (unpaired) electrons. The van der Waals surface area contributed by atoms with Crippen LogP contribution in [-0.4, -0.2) is 36.1 Å². The molecule has 2 aromatic rings. The molecule has 0 atom stereocenters. The molecule has 27 heavy (non-hydrogen) atoms. The molecule has 0 N–H and O–H groups in total. The molecule has 0 unspecified atom stereocenters. The summed E-state index contributed by atoms with van der Waals surface area (Å²) in [6, 6.07) is 4.81. The Morgan fingerprint density at radius 2 is 1.93 bits per heavy atom. The Morgan fingerprint density at radius 3 is 2.63 bits per heavy atom. The van der Waals surface area contributed by atoms with Crippen LogP contribution in [-0.2, 0) is 11.3 Å². The van der Waals surface area contributed by atoms with E-state index in [1.807, 2.05) is 31.4 Å². The zero-order valence-corrected chi connectivity index (χ0v) is 16.4. The van der Waals surface area contributed by atoms with E-state index in [0.717, 1.165) is 24.4 Å². The first kappa shape index (κ1) is 19.3. The summed E-state index contributed by atoms with van der Waals surface area (Å²) < 4.78 is 18.4. The number of halogens is 1. The summed E-state index contributed by atoms with van der Waals surface area (Å²) in [5.74, 6) is -0.0413. The van der Waals surface area contributed by atoms with Gasteiger partial charge in [-0.15, -0.1) is 0 Å². The average molecular weight is 392 g/mol. The minimum absolute atomic E-state index is 0.219. The number of aryl methyl sites for hydroxylation is 1. The quantitative estimate of drug-likeness (QED) is 0.569. The van der Waals surface area contributed by atoms with Crippen LogP contribution in [0, 0.1) is 13.8 Å². The van der Waals surface area contributed by atoms with Crippen molar-refractivity contribution in [1.29, 1.82) is 0 Å². The Balaban J connectivity index is 1.72. The molecule has 0 saturated carbocycles. The van der Waals surface area contributed by atoms with E-state index >= 15 is 0 Å². The number of rotatable bonds is 5. The number of esters is 1. The number of aromatic nitrogens is 1.